The molecule has 6 heteroatoms. The first-order valence-corrected chi connectivity index (χ1v) is 9.29. The number of carboxylic acids is 1. The largest absolute Gasteiger partial charge is 0.480 e. The van der Waals surface area contributed by atoms with E-state index in [4.69, 9.17) is 0 Å². The molecule has 1 aliphatic heterocycles. The van der Waals surface area contributed by atoms with Crippen molar-refractivity contribution >= 4 is 15.8 Å². The molecule has 0 radical (unpaired) electrons. The molecular weight excluding hydrogens is 326 g/mol. The van der Waals surface area contributed by atoms with Crippen LogP contribution in [0.25, 0.3) is 0 Å². The van der Waals surface area contributed by atoms with Crippen molar-refractivity contribution in [2.45, 2.75) is 35.6 Å². The molecule has 0 bridgehead atoms. The highest BCUT2D eigenvalue weighted by Gasteiger charge is 2.45. The van der Waals surface area contributed by atoms with E-state index in [-0.39, 0.29) is 11.3 Å². The lowest BCUT2D eigenvalue weighted by molar-refractivity contribution is -0.139. The summed E-state index contributed by atoms with van der Waals surface area (Å²) in [6.45, 7) is 1.90. The predicted octanol–water partition coefficient (Wildman–Crippen LogP) is 2.33. The minimum Gasteiger partial charge on any atom is -0.480 e. The summed E-state index contributed by atoms with van der Waals surface area (Å²) in [6.07, 6.45) is 0.0472. The number of aryl methyl sites for hydroxylation is 1. The molecule has 3 atom stereocenters. The van der Waals surface area contributed by atoms with Gasteiger partial charge in [0.05, 0.1) is 16.2 Å². The molecule has 2 aromatic rings. The van der Waals surface area contributed by atoms with Gasteiger partial charge in [0, 0.05) is 0 Å². The molecule has 2 aromatic carbocycles. The number of carbonyl (C=O) groups is 1. The fourth-order valence-electron chi connectivity index (χ4n) is 3.25. The van der Waals surface area contributed by atoms with Crippen molar-refractivity contribution in [2.75, 3.05) is 0 Å². The highest BCUT2D eigenvalue weighted by atomic mass is 32.2. The third-order valence-corrected chi connectivity index (χ3v) is 6.70. The molecule has 2 N–H and O–H groups in total. The lowest BCUT2D eigenvalue weighted by atomic mass is 10.00. The van der Waals surface area contributed by atoms with Crippen molar-refractivity contribution in [2.24, 2.45) is 0 Å². The number of hydrogen-bond donors (Lipinski definition) is 2. The summed E-state index contributed by atoms with van der Waals surface area (Å²) < 4.78 is 26.1. The third kappa shape index (κ3) is 2.95. The van der Waals surface area contributed by atoms with Gasteiger partial charge in [0.1, 0.15) is 6.04 Å². The van der Waals surface area contributed by atoms with Crippen LogP contribution < -0.4 is 5.32 Å². The number of rotatable bonds is 4. The molecule has 1 heterocycles. The maximum absolute atomic E-state index is 13.1. The number of carboxylic acid groups (broad SMARTS) is 1. The minimum atomic E-state index is -3.65. The van der Waals surface area contributed by atoms with Crippen LogP contribution in [0.3, 0.4) is 0 Å². The second-order valence-corrected chi connectivity index (χ2v) is 8.19. The summed E-state index contributed by atoms with van der Waals surface area (Å²) in [4.78, 5) is 11.6. The molecule has 1 aliphatic rings. The Morgan fingerprint density at radius 2 is 1.71 bits per heavy atom. The average Bonchev–Trinajstić information content (AvgIpc) is 3.02. The highest BCUT2D eigenvalue weighted by molar-refractivity contribution is 7.92. The van der Waals surface area contributed by atoms with Crippen molar-refractivity contribution in [1.82, 2.24) is 5.32 Å². The van der Waals surface area contributed by atoms with Gasteiger partial charge >= 0.3 is 5.97 Å². The van der Waals surface area contributed by atoms with E-state index in [2.05, 4.69) is 5.32 Å². The lowest BCUT2D eigenvalue weighted by Crippen LogP contribution is -2.33. The molecule has 0 aromatic heterocycles. The topological polar surface area (TPSA) is 83.5 Å². The smallest absolute Gasteiger partial charge is 0.320 e. The summed E-state index contributed by atoms with van der Waals surface area (Å²) >= 11 is 0. The summed E-state index contributed by atoms with van der Waals surface area (Å²) in [5, 5.41) is 11.5. The molecule has 0 amide bonds. The van der Waals surface area contributed by atoms with E-state index < -0.39 is 33.1 Å². The van der Waals surface area contributed by atoms with Crippen molar-refractivity contribution in [1.29, 1.82) is 0 Å². The zero-order valence-electron chi connectivity index (χ0n) is 13.2. The summed E-state index contributed by atoms with van der Waals surface area (Å²) in [6, 6.07) is 14.3. The van der Waals surface area contributed by atoms with Crippen molar-refractivity contribution in [3.8, 4) is 0 Å². The van der Waals surface area contributed by atoms with Crippen molar-refractivity contribution in [3.05, 3.63) is 65.7 Å². The molecular formula is C18H19NO4S. The van der Waals surface area contributed by atoms with E-state index >= 15 is 0 Å². The van der Waals surface area contributed by atoms with Crippen molar-refractivity contribution in [3.63, 3.8) is 0 Å². The fourth-order valence-corrected chi connectivity index (χ4v) is 5.16. The van der Waals surface area contributed by atoms with Gasteiger partial charge in [-0.15, -0.1) is 0 Å². The van der Waals surface area contributed by atoms with Gasteiger partial charge < -0.3 is 5.11 Å². The molecule has 3 rings (SSSR count). The van der Waals surface area contributed by atoms with Crippen molar-refractivity contribution < 1.29 is 18.3 Å². The van der Waals surface area contributed by atoms with E-state index in [9.17, 15) is 18.3 Å². The Bertz CT molecular complexity index is 848. The SMILES string of the molecule is Cc1ccccc1[C@H]1N[C@@H](C(=O)O)C[C@@H]1S(=O)(=O)c1ccccc1. The van der Waals surface area contributed by atoms with Gasteiger partial charge in [0.15, 0.2) is 9.84 Å². The molecule has 1 saturated heterocycles. The molecule has 1 fully saturated rings. The first-order chi connectivity index (χ1) is 11.4. The van der Waals surface area contributed by atoms with Gasteiger partial charge in [-0.25, -0.2) is 8.42 Å². The zero-order valence-corrected chi connectivity index (χ0v) is 14.0. The molecule has 24 heavy (non-hydrogen) atoms. The van der Waals surface area contributed by atoms with E-state index in [0.29, 0.717) is 0 Å². The first-order valence-electron chi connectivity index (χ1n) is 7.74. The predicted molar refractivity (Wildman–Crippen MR) is 90.5 cm³/mol. The average molecular weight is 345 g/mol. The standard InChI is InChI=1S/C18H19NO4S/c1-12-7-5-6-10-14(12)17-16(11-15(19-17)18(20)21)24(22,23)13-8-3-2-4-9-13/h2-10,15-17,19H,11H2,1H3,(H,20,21)/t15-,16+,17-/m1/s1. The van der Waals surface area contributed by atoms with E-state index in [1.807, 2.05) is 31.2 Å². The van der Waals surface area contributed by atoms with Crippen LogP contribution in [0.4, 0.5) is 0 Å². The van der Waals surface area contributed by atoms with Crippen LogP contribution in [0.2, 0.25) is 0 Å². The Morgan fingerprint density at radius 1 is 1.08 bits per heavy atom. The summed E-state index contributed by atoms with van der Waals surface area (Å²) in [5.74, 6) is -1.03. The van der Waals surface area contributed by atoms with Crippen LogP contribution in [0.15, 0.2) is 59.5 Å². The molecule has 126 valence electrons. The summed E-state index contributed by atoms with van der Waals surface area (Å²) in [7, 11) is -3.65. The second kappa shape index (κ2) is 6.37. The molecule has 0 aliphatic carbocycles. The first kappa shape index (κ1) is 16.7. The Balaban J connectivity index is 2.06. The van der Waals surface area contributed by atoms with Crippen LogP contribution in [0, 0.1) is 6.92 Å². The number of benzene rings is 2. The van der Waals surface area contributed by atoms with E-state index in [0.717, 1.165) is 11.1 Å². The van der Waals surface area contributed by atoms with Gasteiger partial charge in [0.2, 0.25) is 0 Å². The number of hydrogen-bond acceptors (Lipinski definition) is 4. The van der Waals surface area contributed by atoms with Gasteiger partial charge in [-0.1, -0.05) is 42.5 Å². The normalized spacial score (nSPS) is 24.0. The Morgan fingerprint density at radius 3 is 2.33 bits per heavy atom. The monoisotopic (exact) mass is 345 g/mol. The van der Waals surface area contributed by atoms with Crippen LogP contribution in [0.1, 0.15) is 23.6 Å². The number of nitrogens with one attached hydrogen (secondary N) is 1. The van der Waals surface area contributed by atoms with E-state index in [1.165, 1.54) is 0 Å². The fraction of sp³-hybridized carbons (Fsp3) is 0.278. The quantitative estimate of drug-likeness (QED) is 0.888. The highest BCUT2D eigenvalue weighted by Crippen LogP contribution is 2.36. The lowest BCUT2D eigenvalue weighted by Gasteiger charge is -2.22. The third-order valence-electron chi connectivity index (χ3n) is 4.51. The Labute approximate surface area is 141 Å². The molecule has 5 nitrogen and oxygen atoms in total. The van der Waals surface area contributed by atoms with Gasteiger partial charge in [0.25, 0.3) is 0 Å². The molecule has 0 spiro atoms. The molecule has 0 saturated carbocycles. The maximum Gasteiger partial charge on any atom is 0.320 e. The molecule has 0 unspecified atom stereocenters. The number of aliphatic carboxylic acids is 1. The Hall–Kier alpha value is -2.18. The maximum atomic E-state index is 13.1. The van der Waals surface area contributed by atoms with Crippen LogP contribution in [0.5, 0.6) is 0 Å². The van der Waals surface area contributed by atoms with Crippen LogP contribution >= 0.6 is 0 Å². The van der Waals surface area contributed by atoms with Crippen LogP contribution in [-0.2, 0) is 14.6 Å². The van der Waals surface area contributed by atoms with Gasteiger partial charge in [-0.05, 0) is 36.6 Å². The minimum absolute atomic E-state index is 0.0472. The summed E-state index contributed by atoms with van der Waals surface area (Å²) in [5.41, 5.74) is 1.76. The second-order valence-electron chi connectivity index (χ2n) is 6.02. The zero-order chi connectivity index (χ0) is 17.3. The number of sulfone groups is 1. The Kier molecular flexibility index (Phi) is 4.43. The van der Waals surface area contributed by atoms with E-state index in [1.54, 1.807) is 30.3 Å². The van der Waals surface area contributed by atoms with Gasteiger partial charge in [-0.3, -0.25) is 10.1 Å². The van der Waals surface area contributed by atoms with Crippen LogP contribution in [-0.4, -0.2) is 30.8 Å². The van der Waals surface area contributed by atoms with Gasteiger partial charge in [-0.2, -0.15) is 0 Å².